The van der Waals surface area contributed by atoms with Gasteiger partial charge in [-0.15, -0.1) is 0 Å². The molecule has 0 amide bonds. The van der Waals surface area contributed by atoms with Gasteiger partial charge in [0.15, 0.2) is 0 Å². The van der Waals surface area contributed by atoms with Crippen LogP contribution in [0.15, 0.2) is 12.4 Å². The van der Waals surface area contributed by atoms with E-state index in [-0.39, 0.29) is 0 Å². The summed E-state index contributed by atoms with van der Waals surface area (Å²) in [5, 5.41) is 4.09. The van der Waals surface area contributed by atoms with Crippen molar-refractivity contribution in [3.05, 3.63) is 18.0 Å². The lowest BCUT2D eigenvalue weighted by molar-refractivity contribution is -0.107. The van der Waals surface area contributed by atoms with Crippen LogP contribution in [0.3, 0.4) is 0 Å². The maximum absolute atomic E-state index is 10.1. The summed E-state index contributed by atoms with van der Waals surface area (Å²) >= 11 is 0. The number of hydrogen-bond acceptors (Lipinski definition) is 2. The number of rotatable bonds is 3. The van der Waals surface area contributed by atoms with Crippen LogP contribution in [0.2, 0.25) is 0 Å². The van der Waals surface area contributed by atoms with Crippen molar-refractivity contribution in [2.45, 2.75) is 26.3 Å². The molecule has 1 heterocycles. The molecule has 0 fully saturated rings. The minimum Gasteiger partial charge on any atom is -0.303 e. The summed E-state index contributed by atoms with van der Waals surface area (Å²) in [4.78, 5) is 10.1. The molecule has 0 N–H and O–H groups in total. The van der Waals surface area contributed by atoms with Crippen LogP contribution < -0.4 is 0 Å². The molecule has 0 aliphatic rings. The second kappa shape index (κ2) is 3.32. The standard InChI is InChI=1S/C8H12N2O/c1-7(2)10-6-8(3-4-11)5-9-10/h4-7H,3H2,1-2H3. The van der Waals surface area contributed by atoms with E-state index in [4.69, 9.17) is 0 Å². The van der Waals surface area contributed by atoms with E-state index in [2.05, 4.69) is 18.9 Å². The molecule has 1 aromatic rings. The largest absolute Gasteiger partial charge is 0.303 e. The molecule has 0 aliphatic heterocycles. The van der Waals surface area contributed by atoms with E-state index < -0.39 is 0 Å². The molecular weight excluding hydrogens is 140 g/mol. The van der Waals surface area contributed by atoms with Crippen LogP contribution in [0.5, 0.6) is 0 Å². The topological polar surface area (TPSA) is 34.9 Å². The van der Waals surface area contributed by atoms with Crippen molar-refractivity contribution in [1.29, 1.82) is 0 Å². The molecule has 0 aliphatic carbocycles. The minimum absolute atomic E-state index is 0.371. The maximum atomic E-state index is 10.1. The molecule has 0 bridgehead atoms. The van der Waals surface area contributed by atoms with Crippen LogP contribution >= 0.6 is 0 Å². The van der Waals surface area contributed by atoms with Gasteiger partial charge in [-0.05, 0) is 19.4 Å². The average molecular weight is 152 g/mol. The zero-order chi connectivity index (χ0) is 8.27. The first-order valence-corrected chi connectivity index (χ1v) is 3.70. The summed E-state index contributed by atoms with van der Waals surface area (Å²) < 4.78 is 1.85. The van der Waals surface area contributed by atoms with Gasteiger partial charge in [-0.1, -0.05) is 0 Å². The van der Waals surface area contributed by atoms with Crippen LogP contribution in [-0.2, 0) is 11.2 Å². The smallest absolute Gasteiger partial charge is 0.124 e. The minimum atomic E-state index is 0.371. The summed E-state index contributed by atoms with van der Waals surface area (Å²) in [6.07, 6.45) is 4.99. The molecule has 0 radical (unpaired) electrons. The van der Waals surface area contributed by atoms with E-state index >= 15 is 0 Å². The Hall–Kier alpha value is -1.12. The van der Waals surface area contributed by atoms with E-state index in [1.54, 1.807) is 6.20 Å². The summed E-state index contributed by atoms with van der Waals surface area (Å²) in [6, 6.07) is 0.371. The Balaban J connectivity index is 2.73. The van der Waals surface area contributed by atoms with Crippen molar-refractivity contribution in [3.8, 4) is 0 Å². The molecule has 1 rings (SSSR count). The Kier molecular flexibility index (Phi) is 2.41. The molecule has 3 nitrogen and oxygen atoms in total. The third-order valence-corrected chi connectivity index (χ3v) is 1.50. The third-order valence-electron chi connectivity index (χ3n) is 1.50. The van der Waals surface area contributed by atoms with Crippen molar-refractivity contribution < 1.29 is 4.79 Å². The summed E-state index contributed by atoms with van der Waals surface area (Å²) in [7, 11) is 0. The quantitative estimate of drug-likeness (QED) is 0.610. The normalized spacial score (nSPS) is 10.5. The fourth-order valence-electron chi connectivity index (χ4n) is 0.861. The predicted octanol–water partition coefficient (Wildman–Crippen LogP) is 1.21. The molecular formula is C8H12N2O. The fraction of sp³-hybridized carbons (Fsp3) is 0.500. The van der Waals surface area contributed by atoms with E-state index in [1.165, 1.54) is 0 Å². The molecule has 0 unspecified atom stereocenters. The zero-order valence-electron chi connectivity index (χ0n) is 6.82. The van der Waals surface area contributed by atoms with Crippen LogP contribution in [0, 0.1) is 0 Å². The molecule has 0 saturated carbocycles. The Morgan fingerprint density at radius 1 is 1.73 bits per heavy atom. The second-order valence-electron chi connectivity index (χ2n) is 2.79. The van der Waals surface area contributed by atoms with Gasteiger partial charge in [-0.3, -0.25) is 4.68 Å². The first kappa shape index (κ1) is 7.98. The molecule has 11 heavy (non-hydrogen) atoms. The zero-order valence-corrected chi connectivity index (χ0v) is 6.82. The van der Waals surface area contributed by atoms with Gasteiger partial charge in [-0.25, -0.2) is 0 Å². The van der Waals surface area contributed by atoms with Crippen LogP contribution in [-0.4, -0.2) is 16.1 Å². The highest BCUT2D eigenvalue weighted by molar-refractivity contribution is 5.54. The van der Waals surface area contributed by atoms with Crippen molar-refractivity contribution in [2.75, 3.05) is 0 Å². The van der Waals surface area contributed by atoms with Crippen LogP contribution in [0.25, 0.3) is 0 Å². The van der Waals surface area contributed by atoms with Crippen LogP contribution in [0.1, 0.15) is 25.5 Å². The lowest BCUT2D eigenvalue weighted by Crippen LogP contribution is -1.99. The third kappa shape index (κ3) is 1.90. The van der Waals surface area contributed by atoms with Crippen LogP contribution in [0.4, 0.5) is 0 Å². The SMILES string of the molecule is CC(C)n1cc(CC=O)cn1. The lowest BCUT2D eigenvalue weighted by atomic mass is 10.3. The first-order chi connectivity index (χ1) is 5.24. The van der Waals surface area contributed by atoms with E-state index in [1.807, 2.05) is 10.9 Å². The van der Waals surface area contributed by atoms with E-state index in [0.717, 1.165) is 11.8 Å². The van der Waals surface area contributed by atoms with Gasteiger partial charge in [0.25, 0.3) is 0 Å². The summed E-state index contributed by atoms with van der Waals surface area (Å²) in [6.45, 7) is 4.11. The predicted molar refractivity (Wildman–Crippen MR) is 42.4 cm³/mol. The number of carbonyl (C=O) groups excluding carboxylic acids is 1. The average Bonchev–Trinajstić information content (AvgIpc) is 2.37. The summed E-state index contributed by atoms with van der Waals surface area (Å²) in [5.74, 6) is 0. The second-order valence-corrected chi connectivity index (χ2v) is 2.79. The number of aromatic nitrogens is 2. The Morgan fingerprint density at radius 3 is 2.91 bits per heavy atom. The molecule has 60 valence electrons. The van der Waals surface area contributed by atoms with Gasteiger partial charge in [0.05, 0.1) is 6.20 Å². The van der Waals surface area contributed by atoms with Gasteiger partial charge in [0.1, 0.15) is 6.29 Å². The Labute approximate surface area is 66.0 Å². The number of nitrogens with zero attached hydrogens (tertiary/aromatic N) is 2. The van der Waals surface area contributed by atoms with E-state index in [9.17, 15) is 4.79 Å². The van der Waals surface area contributed by atoms with Gasteiger partial charge < -0.3 is 4.79 Å². The summed E-state index contributed by atoms with van der Waals surface area (Å²) in [5.41, 5.74) is 0.980. The molecule has 1 aromatic heterocycles. The van der Waals surface area contributed by atoms with Crippen molar-refractivity contribution in [3.63, 3.8) is 0 Å². The molecule has 0 atom stereocenters. The highest BCUT2D eigenvalue weighted by Crippen LogP contribution is 2.04. The first-order valence-electron chi connectivity index (χ1n) is 3.70. The highest BCUT2D eigenvalue weighted by atomic mass is 16.1. The van der Waals surface area contributed by atoms with Gasteiger partial charge in [-0.2, -0.15) is 5.10 Å². The van der Waals surface area contributed by atoms with Crippen molar-refractivity contribution >= 4 is 6.29 Å². The van der Waals surface area contributed by atoms with Crippen molar-refractivity contribution in [1.82, 2.24) is 9.78 Å². The highest BCUT2D eigenvalue weighted by Gasteiger charge is 1.99. The molecule has 3 heteroatoms. The van der Waals surface area contributed by atoms with E-state index in [0.29, 0.717) is 12.5 Å². The Bertz CT molecular complexity index is 240. The molecule has 0 saturated heterocycles. The Morgan fingerprint density at radius 2 is 2.45 bits per heavy atom. The van der Waals surface area contributed by atoms with Crippen molar-refractivity contribution in [2.24, 2.45) is 0 Å². The fourth-order valence-corrected chi connectivity index (χ4v) is 0.861. The monoisotopic (exact) mass is 152 g/mol. The number of hydrogen-bond donors (Lipinski definition) is 0. The lowest BCUT2D eigenvalue weighted by Gasteiger charge is -2.02. The number of aldehydes is 1. The number of carbonyl (C=O) groups is 1. The maximum Gasteiger partial charge on any atom is 0.124 e. The van der Waals surface area contributed by atoms with Gasteiger partial charge in [0.2, 0.25) is 0 Å². The molecule has 0 spiro atoms. The van der Waals surface area contributed by atoms with Gasteiger partial charge >= 0.3 is 0 Å². The van der Waals surface area contributed by atoms with Gasteiger partial charge in [0, 0.05) is 18.7 Å². The molecule has 0 aromatic carbocycles.